The van der Waals surface area contributed by atoms with Crippen molar-refractivity contribution in [2.45, 2.75) is 6.92 Å². The van der Waals surface area contributed by atoms with Gasteiger partial charge >= 0.3 is 0 Å². The van der Waals surface area contributed by atoms with Crippen LogP contribution in [0.3, 0.4) is 0 Å². The van der Waals surface area contributed by atoms with Gasteiger partial charge in [0.25, 0.3) is 0 Å². The lowest BCUT2D eigenvalue weighted by Gasteiger charge is -1.99. The van der Waals surface area contributed by atoms with E-state index in [0.29, 0.717) is 6.79 Å². The first kappa shape index (κ1) is 5.69. The van der Waals surface area contributed by atoms with E-state index in [-0.39, 0.29) is 0 Å². The Kier molecular flexibility index (Phi) is 1.24. The lowest BCUT2D eigenvalue weighted by Crippen LogP contribution is -2.00. The summed E-state index contributed by atoms with van der Waals surface area (Å²) in [5.41, 5.74) is 0. The summed E-state index contributed by atoms with van der Waals surface area (Å²) < 4.78 is 10.4. The Bertz CT molecular complexity index is 101. The van der Waals surface area contributed by atoms with Crippen molar-refractivity contribution in [2.24, 2.45) is 17.8 Å². The van der Waals surface area contributed by atoms with Gasteiger partial charge in [0, 0.05) is 0 Å². The highest BCUT2D eigenvalue weighted by Crippen LogP contribution is 2.46. The van der Waals surface area contributed by atoms with E-state index >= 15 is 0 Å². The molecule has 0 aromatic carbocycles. The SMILES string of the molecule is C[C@@H]1[C@H]2COCOC[C@@H]12. The van der Waals surface area contributed by atoms with Gasteiger partial charge in [-0.2, -0.15) is 0 Å². The number of hydrogen-bond donors (Lipinski definition) is 0. The molecule has 0 aromatic heterocycles. The third-order valence-corrected chi connectivity index (χ3v) is 2.55. The fraction of sp³-hybridized carbons (Fsp3) is 1.00. The Morgan fingerprint density at radius 3 is 2.22 bits per heavy atom. The fourth-order valence-electron chi connectivity index (χ4n) is 1.61. The first-order chi connectivity index (χ1) is 4.39. The maximum atomic E-state index is 5.20. The molecule has 1 heterocycles. The van der Waals surface area contributed by atoms with Gasteiger partial charge in [0.1, 0.15) is 6.79 Å². The molecule has 0 amide bonds. The first-order valence-electron chi connectivity index (χ1n) is 3.55. The molecule has 3 atom stereocenters. The molecule has 1 aliphatic heterocycles. The molecule has 1 aliphatic carbocycles. The quantitative estimate of drug-likeness (QED) is 0.482. The second-order valence-electron chi connectivity index (χ2n) is 3.05. The molecule has 0 radical (unpaired) electrons. The lowest BCUT2D eigenvalue weighted by molar-refractivity contribution is -0.0451. The average molecular weight is 128 g/mol. The summed E-state index contributed by atoms with van der Waals surface area (Å²) in [5, 5.41) is 0. The predicted molar refractivity (Wildman–Crippen MR) is 32.9 cm³/mol. The van der Waals surface area contributed by atoms with Gasteiger partial charge in [-0.1, -0.05) is 6.92 Å². The van der Waals surface area contributed by atoms with Crippen LogP contribution in [0.5, 0.6) is 0 Å². The van der Waals surface area contributed by atoms with Gasteiger partial charge in [-0.3, -0.25) is 0 Å². The number of fused-ring (bicyclic) bond motifs is 1. The van der Waals surface area contributed by atoms with Gasteiger partial charge in [-0.05, 0) is 17.8 Å². The zero-order valence-corrected chi connectivity index (χ0v) is 5.67. The Labute approximate surface area is 55.1 Å². The largest absolute Gasteiger partial charge is 0.355 e. The molecule has 52 valence electrons. The number of hydrogen-bond acceptors (Lipinski definition) is 2. The number of rotatable bonds is 0. The van der Waals surface area contributed by atoms with Crippen LogP contribution >= 0.6 is 0 Å². The normalized spacial score (nSPS) is 49.7. The maximum Gasteiger partial charge on any atom is 0.146 e. The highest BCUT2D eigenvalue weighted by atomic mass is 16.7. The summed E-state index contributed by atoms with van der Waals surface area (Å²) in [6, 6.07) is 0. The maximum absolute atomic E-state index is 5.20. The minimum Gasteiger partial charge on any atom is -0.355 e. The Hall–Kier alpha value is -0.0800. The van der Waals surface area contributed by atoms with Gasteiger partial charge < -0.3 is 9.47 Å². The molecular weight excluding hydrogens is 116 g/mol. The van der Waals surface area contributed by atoms with Crippen LogP contribution < -0.4 is 0 Å². The molecule has 0 spiro atoms. The van der Waals surface area contributed by atoms with Crippen LogP contribution in [0.4, 0.5) is 0 Å². The van der Waals surface area contributed by atoms with Crippen LogP contribution in [0.2, 0.25) is 0 Å². The summed E-state index contributed by atoms with van der Waals surface area (Å²) >= 11 is 0. The minimum absolute atomic E-state index is 0.514. The van der Waals surface area contributed by atoms with Crippen LogP contribution in [-0.2, 0) is 9.47 Å². The fourth-order valence-corrected chi connectivity index (χ4v) is 1.61. The van der Waals surface area contributed by atoms with E-state index in [9.17, 15) is 0 Å². The Morgan fingerprint density at radius 1 is 1.11 bits per heavy atom. The molecule has 9 heavy (non-hydrogen) atoms. The molecule has 2 rings (SSSR count). The van der Waals surface area contributed by atoms with E-state index < -0.39 is 0 Å². The molecule has 2 fully saturated rings. The van der Waals surface area contributed by atoms with E-state index in [1.54, 1.807) is 0 Å². The molecule has 2 nitrogen and oxygen atoms in total. The van der Waals surface area contributed by atoms with E-state index in [0.717, 1.165) is 31.0 Å². The zero-order chi connectivity index (χ0) is 6.27. The average Bonchev–Trinajstić information content (AvgIpc) is 2.51. The van der Waals surface area contributed by atoms with Gasteiger partial charge in [0.15, 0.2) is 0 Å². The zero-order valence-electron chi connectivity index (χ0n) is 5.67. The van der Waals surface area contributed by atoms with E-state index in [2.05, 4.69) is 6.92 Å². The second kappa shape index (κ2) is 1.96. The van der Waals surface area contributed by atoms with Crippen molar-refractivity contribution < 1.29 is 9.47 Å². The molecule has 2 heteroatoms. The summed E-state index contributed by atoms with van der Waals surface area (Å²) in [6.45, 7) is 4.63. The summed E-state index contributed by atoms with van der Waals surface area (Å²) in [5.74, 6) is 2.48. The van der Waals surface area contributed by atoms with Crippen molar-refractivity contribution in [3.8, 4) is 0 Å². The summed E-state index contributed by atoms with van der Waals surface area (Å²) in [6.07, 6.45) is 0. The van der Waals surface area contributed by atoms with E-state index in [4.69, 9.17) is 9.47 Å². The van der Waals surface area contributed by atoms with Crippen LogP contribution in [0, 0.1) is 17.8 Å². The van der Waals surface area contributed by atoms with Crippen molar-refractivity contribution in [3.63, 3.8) is 0 Å². The van der Waals surface area contributed by atoms with Gasteiger partial charge in [0.2, 0.25) is 0 Å². The topological polar surface area (TPSA) is 18.5 Å². The summed E-state index contributed by atoms with van der Waals surface area (Å²) in [4.78, 5) is 0. The van der Waals surface area contributed by atoms with Crippen molar-refractivity contribution in [1.29, 1.82) is 0 Å². The molecule has 2 aliphatic rings. The molecule has 0 aromatic rings. The molecule has 1 saturated carbocycles. The monoisotopic (exact) mass is 128 g/mol. The smallest absolute Gasteiger partial charge is 0.146 e. The third-order valence-electron chi connectivity index (χ3n) is 2.55. The highest BCUT2D eigenvalue weighted by molar-refractivity contribution is 4.94. The van der Waals surface area contributed by atoms with Crippen molar-refractivity contribution in [1.82, 2.24) is 0 Å². The Morgan fingerprint density at radius 2 is 1.67 bits per heavy atom. The first-order valence-corrected chi connectivity index (χ1v) is 3.55. The summed E-state index contributed by atoms with van der Waals surface area (Å²) in [7, 11) is 0. The Balaban J connectivity index is 1.93. The van der Waals surface area contributed by atoms with Crippen molar-refractivity contribution in [3.05, 3.63) is 0 Å². The van der Waals surface area contributed by atoms with Crippen LogP contribution in [0.25, 0.3) is 0 Å². The standard InChI is InChI=1S/C7H12O2/c1-5-6-2-8-4-9-3-7(5)6/h5-7H,2-4H2,1H3/t5-,6-,7+. The third kappa shape index (κ3) is 0.864. The molecular formula is C7H12O2. The highest BCUT2D eigenvalue weighted by Gasteiger charge is 2.47. The van der Waals surface area contributed by atoms with Gasteiger partial charge in [-0.25, -0.2) is 0 Å². The second-order valence-corrected chi connectivity index (χ2v) is 3.05. The van der Waals surface area contributed by atoms with E-state index in [1.807, 2.05) is 0 Å². The molecule has 0 N–H and O–H groups in total. The van der Waals surface area contributed by atoms with Crippen LogP contribution in [0.15, 0.2) is 0 Å². The molecule has 0 unspecified atom stereocenters. The number of ether oxygens (including phenoxy) is 2. The lowest BCUT2D eigenvalue weighted by atomic mass is 10.3. The van der Waals surface area contributed by atoms with E-state index in [1.165, 1.54) is 0 Å². The van der Waals surface area contributed by atoms with Crippen LogP contribution in [0.1, 0.15) is 6.92 Å². The van der Waals surface area contributed by atoms with Crippen molar-refractivity contribution in [2.75, 3.05) is 20.0 Å². The molecule has 0 bridgehead atoms. The van der Waals surface area contributed by atoms with Crippen molar-refractivity contribution >= 4 is 0 Å². The van der Waals surface area contributed by atoms with Gasteiger partial charge in [-0.15, -0.1) is 0 Å². The minimum atomic E-state index is 0.514. The van der Waals surface area contributed by atoms with Crippen LogP contribution in [-0.4, -0.2) is 20.0 Å². The predicted octanol–water partition coefficient (Wildman–Crippen LogP) is 0.873. The molecule has 1 saturated heterocycles. The van der Waals surface area contributed by atoms with Gasteiger partial charge in [0.05, 0.1) is 13.2 Å².